The molecule has 82 valence electrons. The fraction of sp³-hybridized carbons (Fsp3) is 0.417. The van der Waals surface area contributed by atoms with E-state index < -0.39 is 12.0 Å². The first-order valence-corrected chi connectivity index (χ1v) is 4.96. The first-order chi connectivity index (χ1) is 7.09. The molecule has 0 N–H and O–H groups in total. The molecule has 1 aromatic carbocycles. The number of carbonyl (C=O) groups is 1. The third-order valence-electron chi connectivity index (χ3n) is 2.21. The van der Waals surface area contributed by atoms with Gasteiger partial charge < -0.3 is 0 Å². The van der Waals surface area contributed by atoms with Crippen LogP contribution in [0.1, 0.15) is 12.5 Å². The quantitative estimate of drug-likeness (QED) is 0.739. The molecule has 0 heterocycles. The van der Waals surface area contributed by atoms with Crippen molar-refractivity contribution < 1.29 is 9.18 Å². The van der Waals surface area contributed by atoms with Crippen molar-refractivity contribution in [2.75, 3.05) is 13.6 Å². The predicted molar refractivity (Wildman–Crippen MR) is 58.4 cm³/mol. The SMILES string of the molecule is CC(=O)[C@H](F)CN(C)Cc1ccccc1. The van der Waals surface area contributed by atoms with Crippen LogP contribution in [0.5, 0.6) is 0 Å². The molecular formula is C12H16FNO. The second-order valence-corrected chi connectivity index (χ2v) is 3.76. The van der Waals surface area contributed by atoms with E-state index in [2.05, 4.69) is 0 Å². The number of alkyl halides is 1. The highest BCUT2D eigenvalue weighted by molar-refractivity contribution is 5.80. The normalized spacial score (nSPS) is 12.8. The molecule has 0 spiro atoms. The summed E-state index contributed by atoms with van der Waals surface area (Å²) in [5.74, 6) is -0.407. The predicted octanol–water partition coefficient (Wildman–Crippen LogP) is 2.05. The monoisotopic (exact) mass is 209 g/mol. The Morgan fingerprint density at radius 2 is 2.00 bits per heavy atom. The zero-order chi connectivity index (χ0) is 11.3. The zero-order valence-corrected chi connectivity index (χ0v) is 9.11. The second kappa shape index (κ2) is 5.61. The molecule has 1 atom stereocenters. The van der Waals surface area contributed by atoms with Gasteiger partial charge in [-0.25, -0.2) is 4.39 Å². The molecule has 0 aliphatic rings. The highest BCUT2D eigenvalue weighted by atomic mass is 19.1. The van der Waals surface area contributed by atoms with Crippen molar-refractivity contribution in [2.45, 2.75) is 19.6 Å². The van der Waals surface area contributed by atoms with Crippen molar-refractivity contribution in [3.63, 3.8) is 0 Å². The second-order valence-electron chi connectivity index (χ2n) is 3.76. The minimum Gasteiger partial charge on any atom is -0.299 e. The van der Waals surface area contributed by atoms with E-state index in [-0.39, 0.29) is 6.54 Å². The maximum atomic E-state index is 13.1. The molecule has 0 bridgehead atoms. The van der Waals surface area contributed by atoms with Gasteiger partial charge in [-0.2, -0.15) is 0 Å². The lowest BCUT2D eigenvalue weighted by Crippen LogP contribution is -2.30. The van der Waals surface area contributed by atoms with Gasteiger partial charge in [-0.05, 0) is 19.5 Å². The molecular weight excluding hydrogens is 193 g/mol. The van der Waals surface area contributed by atoms with Crippen molar-refractivity contribution in [3.8, 4) is 0 Å². The average molecular weight is 209 g/mol. The van der Waals surface area contributed by atoms with Gasteiger partial charge in [0.1, 0.15) is 0 Å². The zero-order valence-electron chi connectivity index (χ0n) is 9.11. The van der Waals surface area contributed by atoms with Crippen molar-refractivity contribution >= 4 is 5.78 Å². The third kappa shape index (κ3) is 4.21. The van der Waals surface area contributed by atoms with E-state index >= 15 is 0 Å². The number of hydrogen-bond donors (Lipinski definition) is 0. The Balaban J connectivity index is 2.43. The fourth-order valence-electron chi connectivity index (χ4n) is 1.36. The Morgan fingerprint density at radius 1 is 1.40 bits per heavy atom. The Hall–Kier alpha value is -1.22. The van der Waals surface area contributed by atoms with E-state index in [0.717, 1.165) is 5.56 Å². The molecule has 0 radical (unpaired) electrons. The Bertz CT molecular complexity index is 313. The Labute approximate surface area is 89.7 Å². The molecule has 1 aromatic rings. The number of carbonyl (C=O) groups excluding carboxylic acids is 1. The molecule has 0 saturated heterocycles. The summed E-state index contributed by atoms with van der Waals surface area (Å²) in [5, 5.41) is 0. The largest absolute Gasteiger partial charge is 0.299 e. The van der Waals surface area contributed by atoms with Crippen LogP contribution in [0.15, 0.2) is 30.3 Å². The summed E-state index contributed by atoms with van der Waals surface area (Å²) in [7, 11) is 1.81. The minimum absolute atomic E-state index is 0.157. The van der Waals surface area contributed by atoms with Crippen LogP contribution in [0.4, 0.5) is 4.39 Å². The summed E-state index contributed by atoms with van der Waals surface area (Å²) in [6.45, 7) is 2.10. The first kappa shape index (κ1) is 11.9. The lowest BCUT2D eigenvalue weighted by molar-refractivity contribution is -0.122. The van der Waals surface area contributed by atoms with E-state index in [1.807, 2.05) is 37.4 Å². The van der Waals surface area contributed by atoms with E-state index in [4.69, 9.17) is 0 Å². The number of ketones is 1. The molecule has 15 heavy (non-hydrogen) atoms. The number of benzene rings is 1. The van der Waals surface area contributed by atoms with E-state index in [9.17, 15) is 9.18 Å². The molecule has 0 aliphatic carbocycles. The summed E-state index contributed by atoms with van der Waals surface area (Å²) in [5.41, 5.74) is 1.12. The van der Waals surface area contributed by atoms with Crippen LogP contribution in [-0.4, -0.2) is 30.4 Å². The highest BCUT2D eigenvalue weighted by Gasteiger charge is 2.14. The van der Waals surface area contributed by atoms with Crippen LogP contribution < -0.4 is 0 Å². The van der Waals surface area contributed by atoms with Gasteiger partial charge in [-0.1, -0.05) is 30.3 Å². The molecule has 0 fully saturated rings. The summed E-state index contributed by atoms with van der Waals surface area (Å²) in [4.78, 5) is 12.5. The van der Waals surface area contributed by atoms with Gasteiger partial charge in [0, 0.05) is 13.1 Å². The topological polar surface area (TPSA) is 20.3 Å². The standard InChI is InChI=1S/C12H16FNO/c1-10(15)12(13)9-14(2)8-11-6-4-3-5-7-11/h3-7,12H,8-9H2,1-2H3/t12-/m1/s1. The van der Waals surface area contributed by atoms with Crippen molar-refractivity contribution in [1.82, 2.24) is 4.90 Å². The van der Waals surface area contributed by atoms with Crippen molar-refractivity contribution in [3.05, 3.63) is 35.9 Å². The summed E-state index contributed by atoms with van der Waals surface area (Å²) < 4.78 is 13.1. The molecule has 0 amide bonds. The molecule has 1 rings (SSSR count). The number of rotatable bonds is 5. The Kier molecular flexibility index (Phi) is 4.43. The number of Topliss-reactive ketones (excluding diaryl/α,β-unsaturated/α-hetero) is 1. The number of hydrogen-bond acceptors (Lipinski definition) is 2. The maximum Gasteiger partial charge on any atom is 0.170 e. The van der Waals surface area contributed by atoms with Crippen LogP contribution in [0.2, 0.25) is 0 Å². The number of nitrogens with zero attached hydrogens (tertiary/aromatic N) is 1. The van der Waals surface area contributed by atoms with Gasteiger partial charge in [0.25, 0.3) is 0 Å². The summed E-state index contributed by atoms with van der Waals surface area (Å²) >= 11 is 0. The smallest absolute Gasteiger partial charge is 0.170 e. The van der Waals surface area contributed by atoms with E-state index in [0.29, 0.717) is 6.54 Å². The first-order valence-electron chi connectivity index (χ1n) is 4.96. The van der Waals surface area contributed by atoms with E-state index in [1.165, 1.54) is 6.92 Å². The fourth-order valence-corrected chi connectivity index (χ4v) is 1.36. The molecule has 0 unspecified atom stereocenters. The molecule has 0 aromatic heterocycles. The lowest BCUT2D eigenvalue weighted by Gasteiger charge is -2.17. The van der Waals surface area contributed by atoms with Crippen LogP contribution in [0, 0.1) is 0 Å². The van der Waals surface area contributed by atoms with Gasteiger partial charge in [0.05, 0.1) is 0 Å². The van der Waals surface area contributed by atoms with Gasteiger partial charge in [0.2, 0.25) is 0 Å². The van der Waals surface area contributed by atoms with Crippen molar-refractivity contribution in [2.24, 2.45) is 0 Å². The third-order valence-corrected chi connectivity index (χ3v) is 2.21. The maximum absolute atomic E-state index is 13.1. The highest BCUT2D eigenvalue weighted by Crippen LogP contribution is 2.04. The van der Waals surface area contributed by atoms with Gasteiger partial charge >= 0.3 is 0 Å². The molecule has 3 heteroatoms. The van der Waals surface area contributed by atoms with Crippen LogP contribution in [-0.2, 0) is 11.3 Å². The lowest BCUT2D eigenvalue weighted by atomic mass is 10.2. The molecule has 0 saturated carbocycles. The van der Waals surface area contributed by atoms with E-state index in [1.54, 1.807) is 4.90 Å². The summed E-state index contributed by atoms with van der Waals surface area (Å²) in [6, 6.07) is 9.80. The van der Waals surface area contributed by atoms with Gasteiger partial charge in [0.15, 0.2) is 12.0 Å². The molecule has 0 aliphatic heterocycles. The number of halogens is 1. The molecule has 2 nitrogen and oxygen atoms in total. The van der Waals surface area contributed by atoms with Gasteiger partial charge in [-0.3, -0.25) is 9.69 Å². The van der Waals surface area contributed by atoms with Crippen LogP contribution in [0.3, 0.4) is 0 Å². The average Bonchev–Trinajstić information content (AvgIpc) is 2.18. The Morgan fingerprint density at radius 3 is 2.53 bits per heavy atom. The van der Waals surface area contributed by atoms with Gasteiger partial charge in [-0.15, -0.1) is 0 Å². The van der Waals surface area contributed by atoms with Crippen molar-refractivity contribution in [1.29, 1.82) is 0 Å². The van der Waals surface area contributed by atoms with Crippen LogP contribution in [0.25, 0.3) is 0 Å². The summed E-state index contributed by atoms with van der Waals surface area (Å²) in [6.07, 6.45) is -1.38. The minimum atomic E-state index is -1.38. The van der Waals surface area contributed by atoms with Crippen LogP contribution >= 0.6 is 0 Å².